The summed E-state index contributed by atoms with van der Waals surface area (Å²) in [5, 5.41) is 0. The van der Waals surface area contributed by atoms with Crippen molar-refractivity contribution in [1.29, 1.82) is 0 Å². The predicted octanol–water partition coefficient (Wildman–Crippen LogP) is 3.37. The molecule has 1 spiro atoms. The molecule has 1 aliphatic carbocycles. The second-order valence-electron chi connectivity index (χ2n) is 6.38. The summed E-state index contributed by atoms with van der Waals surface area (Å²) in [5.74, 6) is 2.58. The normalized spacial score (nSPS) is 29.5. The molecule has 0 bridgehead atoms. The fraction of sp³-hybridized carbons (Fsp3) is 0.933. The van der Waals surface area contributed by atoms with E-state index in [1.807, 2.05) is 0 Å². The van der Waals surface area contributed by atoms with Crippen molar-refractivity contribution in [2.75, 3.05) is 26.2 Å². The molecule has 0 aromatic carbocycles. The molecule has 0 amide bonds. The van der Waals surface area contributed by atoms with Gasteiger partial charge >= 0.3 is 0 Å². The zero-order valence-electron chi connectivity index (χ0n) is 11.2. The van der Waals surface area contributed by atoms with Gasteiger partial charge in [0.2, 0.25) is 0 Å². The molecule has 3 aliphatic rings. The average Bonchev–Trinajstić information content (AvgIpc) is 2.94. The number of hydrogen-bond acceptors (Lipinski definition) is 1. The first-order valence-corrected chi connectivity index (χ1v) is 7.79. The molecule has 96 valence electrons. The fourth-order valence-electron chi connectivity index (χ4n) is 4.17. The highest BCUT2D eigenvalue weighted by Gasteiger charge is 2.39. The molecule has 1 saturated heterocycles. The lowest BCUT2D eigenvalue weighted by Crippen LogP contribution is -2.51. The Morgan fingerprint density at radius 2 is 1.53 bits per heavy atom. The number of hydrogen-bond donors (Lipinski definition) is 0. The summed E-state index contributed by atoms with van der Waals surface area (Å²) in [6.07, 6.45) is 12.8. The Balaban J connectivity index is 1.74. The minimum atomic E-state index is 0.974. The van der Waals surface area contributed by atoms with Gasteiger partial charge in [-0.05, 0) is 31.6 Å². The highest BCUT2D eigenvalue weighted by molar-refractivity contribution is 5.76. The Bertz CT molecular complexity index is 283. The van der Waals surface area contributed by atoms with Gasteiger partial charge < -0.3 is 0 Å². The number of nitrogens with zero attached hydrogens (tertiary/aromatic N) is 2. The van der Waals surface area contributed by atoms with E-state index in [1.165, 1.54) is 81.9 Å². The molecule has 2 fully saturated rings. The van der Waals surface area contributed by atoms with Crippen molar-refractivity contribution >= 4 is 5.84 Å². The quantitative estimate of drug-likeness (QED) is 0.651. The predicted molar refractivity (Wildman–Crippen MR) is 72.2 cm³/mol. The van der Waals surface area contributed by atoms with Crippen LogP contribution in [0.3, 0.4) is 0 Å². The third-order valence-corrected chi connectivity index (χ3v) is 5.20. The van der Waals surface area contributed by atoms with Crippen LogP contribution in [0.15, 0.2) is 4.99 Å². The largest absolute Gasteiger partial charge is 0.279 e. The Labute approximate surface area is 106 Å². The zero-order chi connectivity index (χ0) is 11.6. The number of quaternary nitrogens is 1. The van der Waals surface area contributed by atoms with Crippen molar-refractivity contribution in [3.05, 3.63) is 0 Å². The van der Waals surface area contributed by atoms with Crippen LogP contribution < -0.4 is 0 Å². The second-order valence-corrected chi connectivity index (χ2v) is 6.38. The zero-order valence-corrected chi connectivity index (χ0v) is 11.2. The molecular weight excluding hydrogens is 208 g/mol. The maximum absolute atomic E-state index is 5.01. The first kappa shape index (κ1) is 11.7. The van der Waals surface area contributed by atoms with E-state index in [1.54, 1.807) is 5.84 Å². The van der Waals surface area contributed by atoms with Crippen LogP contribution >= 0.6 is 0 Å². The van der Waals surface area contributed by atoms with Gasteiger partial charge in [-0.25, -0.2) is 4.99 Å². The monoisotopic (exact) mass is 235 g/mol. The third kappa shape index (κ3) is 2.42. The lowest BCUT2D eigenvalue weighted by atomic mass is 10.0. The summed E-state index contributed by atoms with van der Waals surface area (Å²) < 4.78 is 1.30. The molecule has 1 saturated carbocycles. The first-order valence-electron chi connectivity index (χ1n) is 7.79. The van der Waals surface area contributed by atoms with Gasteiger partial charge in [-0.3, -0.25) is 4.48 Å². The molecule has 3 rings (SSSR count). The Morgan fingerprint density at radius 3 is 2.24 bits per heavy atom. The van der Waals surface area contributed by atoms with Crippen LogP contribution in [-0.2, 0) is 0 Å². The van der Waals surface area contributed by atoms with E-state index in [2.05, 4.69) is 0 Å². The average molecular weight is 235 g/mol. The molecule has 0 unspecified atom stereocenters. The van der Waals surface area contributed by atoms with E-state index in [9.17, 15) is 0 Å². The highest BCUT2D eigenvalue weighted by Crippen LogP contribution is 2.32. The standard InChI is InChI=1S/C15H27N2/c1-2-8-14(7-1)13-15-16-9-3-4-10-17(15)11-5-6-12-17/h14H,1-13H2/q+1. The van der Waals surface area contributed by atoms with Gasteiger partial charge in [0.15, 0.2) is 5.84 Å². The van der Waals surface area contributed by atoms with E-state index in [-0.39, 0.29) is 0 Å². The summed E-state index contributed by atoms with van der Waals surface area (Å²) in [6.45, 7) is 5.30. The van der Waals surface area contributed by atoms with Crippen LogP contribution in [0.5, 0.6) is 0 Å². The Hall–Kier alpha value is -0.370. The molecule has 0 atom stereocenters. The topological polar surface area (TPSA) is 12.4 Å². The van der Waals surface area contributed by atoms with Crippen molar-refractivity contribution in [3.63, 3.8) is 0 Å². The van der Waals surface area contributed by atoms with Gasteiger partial charge in [-0.15, -0.1) is 0 Å². The molecule has 0 aromatic heterocycles. The van der Waals surface area contributed by atoms with Crippen LogP contribution in [0.25, 0.3) is 0 Å². The summed E-state index contributed by atoms with van der Waals surface area (Å²) in [5.41, 5.74) is 0. The maximum atomic E-state index is 5.01. The van der Waals surface area contributed by atoms with E-state index in [4.69, 9.17) is 4.99 Å². The molecule has 0 N–H and O–H groups in total. The smallest absolute Gasteiger partial charge is 0.198 e. The second kappa shape index (κ2) is 5.09. The third-order valence-electron chi connectivity index (χ3n) is 5.20. The van der Waals surface area contributed by atoms with Gasteiger partial charge in [0.1, 0.15) is 0 Å². The minimum absolute atomic E-state index is 0.974. The van der Waals surface area contributed by atoms with Crippen LogP contribution in [0, 0.1) is 5.92 Å². The van der Waals surface area contributed by atoms with Crippen LogP contribution in [-0.4, -0.2) is 36.5 Å². The van der Waals surface area contributed by atoms with Gasteiger partial charge in [0, 0.05) is 25.8 Å². The lowest BCUT2D eigenvalue weighted by molar-refractivity contribution is -0.830. The molecular formula is C15H27N2+. The summed E-state index contributed by atoms with van der Waals surface area (Å²) >= 11 is 0. The molecule has 0 radical (unpaired) electrons. The van der Waals surface area contributed by atoms with Gasteiger partial charge in [-0.1, -0.05) is 12.8 Å². The molecule has 2 heteroatoms. The fourth-order valence-corrected chi connectivity index (χ4v) is 4.17. The van der Waals surface area contributed by atoms with E-state index in [0.717, 1.165) is 12.5 Å². The van der Waals surface area contributed by atoms with Gasteiger partial charge in [0.05, 0.1) is 19.6 Å². The maximum Gasteiger partial charge on any atom is 0.198 e. The van der Waals surface area contributed by atoms with Crippen LogP contribution in [0.1, 0.15) is 57.8 Å². The SMILES string of the molecule is C1CC[N+]2(CCCC2)C(CC2CCCC2)=NC1. The van der Waals surface area contributed by atoms with Gasteiger partial charge in [-0.2, -0.15) is 0 Å². The van der Waals surface area contributed by atoms with Crippen molar-refractivity contribution in [1.82, 2.24) is 0 Å². The number of amidine groups is 1. The lowest BCUT2D eigenvalue weighted by Gasteiger charge is -2.34. The van der Waals surface area contributed by atoms with Crippen molar-refractivity contribution in [2.45, 2.75) is 57.8 Å². The van der Waals surface area contributed by atoms with Crippen molar-refractivity contribution < 1.29 is 4.48 Å². The van der Waals surface area contributed by atoms with Crippen molar-refractivity contribution in [2.24, 2.45) is 10.9 Å². The Morgan fingerprint density at radius 1 is 0.882 bits per heavy atom. The summed E-state index contributed by atoms with van der Waals surface area (Å²) in [6, 6.07) is 0. The minimum Gasteiger partial charge on any atom is -0.279 e. The summed E-state index contributed by atoms with van der Waals surface area (Å²) in [7, 11) is 0. The molecule has 2 aliphatic heterocycles. The highest BCUT2D eigenvalue weighted by atomic mass is 15.4. The van der Waals surface area contributed by atoms with Crippen molar-refractivity contribution in [3.8, 4) is 0 Å². The number of aliphatic imine (C=N–C) groups is 1. The Kier molecular flexibility index (Phi) is 3.51. The molecule has 0 aromatic rings. The van der Waals surface area contributed by atoms with E-state index >= 15 is 0 Å². The number of rotatable bonds is 2. The molecule has 17 heavy (non-hydrogen) atoms. The van der Waals surface area contributed by atoms with Crippen LogP contribution in [0.4, 0.5) is 0 Å². The summed E-state index contributed by atoms with van der Waals surface area (Å²) in [4.78, 5) is 5.01. The van der Waals surface area contributed by atoms with E-state index < -0.39 is 0 Å². The van der Waals surface area contributed by atoms with Crippen LogP contribution in [0.2, 0.25) is 0 Å². The molecule has 2 heterocycles. The first-order chi connectivity index (χ1) is 8.39. The van der Waals surface area contributed by atoms with Gasteiger partial charge in [0.25, 0.3) is 0 Å². The molecule has 2 nitrogen and oxygen atoms in total. The van der Waals surface area contributed by atoms with E-state index in [0.29, 0.717) is 0 Å².